The number of amides is 1. The molecule has 0 bridgehead atoms. The number of carbonyl (C=O) groups excluding carboxylic acids is 1. The highest BCUT2D eigenvalue weighted by atomic mass is 35.5. The van der Waals surface area contributed by atoms with Gasteiger partial charge in [-0.2, -0.15) is 0 Å². The maximum Gasteiger partial charge on any atom is 0.269 e. The number of nitrogens with one attached hydrogen (secondary N) is 1. The third-order valence-electron chi connectivity index (χ3n) is 2.72. The number of hydrogen-bond donors (Lipinski definition) is 1. The number of aromatic nitrogens is 2. The maximum absolute atomic E-state index is 12.3. The van der Waals surface area contributed by atoms with Gasteiger partial charge in [-0.15, -0.1) is 10.2 Å². The van der Waals surface area contributed by atoms with Crippen LogP contribution in [0.3, 0.4) is 0 Å². The van der Waals surface area contributed by atoms with E-state index in [4.69, 9.17) is 16.3 Å². The van der Waals surface area contributed by atoms with Crippen LogP contribution in [0.25, 0.3) is 0 Å². The van der Waals surface area contributed by atoms with Gasteiger partial charge in [0.15, 0.2) is 5.60 Å². The van der Waals surface area contributed by atoms with Crippen molar-refractivity contribution in [2.24, 2.45) is 0 Å². The molecule has 0 aliphatic rings. The molecule has 1 heterocycles. The normalized spacial score (nSPS) is 11.2. The van der Waals surface area contributed by atoms with Crippen molar-refractivity contribution in [3.8, 4) is 5.75 Å². The van der Waals surface area contributed by atoms with Crippen LogP contribution in [-0.2, 0) is 11.2 Å². The smallest absolute Gasteiger partial charge is 0.269 e. The second kappa shape index (κ2) is 6.41. The summed E-state index contributed by atoms with van der Waals surface area (Å²) in [5, 5.41) is 12.6. The molecule has 0 atom stereocenters. The largest absolute Gasteiger partial charge is 0.478 e. The Labute approximate surface area is 132 Å². The SMILES string of the molecule is CCc1nnc(NC(=O)C(C)(C)Oc2ccc(Cl)cc2)s1. The van der Waals surface area contributed by atoms with Crippen LogP contribution in [-0.4, -0.2) is 21.7 Å². The molecule has 112 valence electrons. The zero-order valence-corrected chi connectivity index (χ0v) is 13.6. The van der Waals surface area contributed by atoms with Gasteiger partial charge in [-0.25, -0.2) is 0 Å². The summed E-state index contributed by atoms with van der Waals surface area (Å²) in [6.07, 6.45) is 0.790. The van der Waals surface area contributed by atoms with Gasteiger partial charge in [0.1, 0.15) is 10.8 Å². The lowest BCUT2D eigenvalue weighted by molar-refractivity contribution is -0.128. The molecule has 2 rings (SSSR count). The number of aryl methyl sites for hydroxylation is 1. The van der Waals surface area contributed by atoms with Crippen LogP contribution < -0.4 is 10.1 Å². The van der Waals surface area contributed by atoms with E-state index in [1.807, 2.05) is 6.92 Å². The molecule has 21 heavy (non-hydrogen) atoms. The van der Waals surface area contributed by atoms with Gasteiger partial charge in [0.05, 0.1) is 0 Å². The standard InChI is InChI=1S/C14H16ClN3O2S/c1-4-11-17-18-13(21-11)16-12(19)14(2,3)20-10-7-5-9(15)6-8-10/h5-8H,4H2,1-3H3,(H,16,18,19). The first kappa shape index (κ1) is 15.7. The van der Waals surface area contributed by atoms with Crippen LogP contribution in [0.15, 0.2) is 24.3 Å². The van der Waals surface area contributed by atoms with E-state index in [0.717, 1.165) is 11.4 Å². The van der Waals surface area contributed by atoms with E-state index in [9.17, 15) is 4.79 Å². The van der Waals surface area contributed by atoms with E-state index in [1.54, 1.807) is 38.1 Å². The summed E-state index contributed by atoms with van der Waals surface area (Å²) in [5.41, 5.74) is -1.04. The molecule has 0 saturated carbocycles. The van der Waals surface area contributed by atoms with Gasteiger partial charge < -0.3 is 4.74 Å². The Kier molecular flexibility index (Phi) is 4.80. The van der Waals surface area contributed by atoms with E-state index in [1.165, 1.54) is 11.3 Å². The minimum absolute atomic E-state index is 0.281. The summed E-state index contributed by atoms with van der Waals surface area (Å²) < 4.78 is 5.71. The Morgan fingerprint density at radius 2 is 2.00 bits per heavy atom. The zero-order chi connectivity index (χ0) is 15.5. The minimum atomic E-state index is -1.04. The van der Waals surface area contributed by atoms with Gasteiger partial charge in [-0.1, -0.05) is 29.9 Å². The number of benzene rings is 1. The van der Waals surface area contributed by atoms with Crippen LogP contribution in [0.2, 0.25) is 5.02 Å². The summed E-state index contributed by atoms with van der Waals surface area (Å²) in [7, 11) is 0. The number of rotatable bonds is 5. The summed E-state index contributed by atoms with van der Waals surface area (Å²) in [6.45, 7) is 5.37. The molecule has 1 amide bonds. The molecule has 2 aromatic rings. The maximum atomic E-state index is 12.3. The number of halogens is 1. The first-order valence-corrected chi connectivity index (χ1v) is 7.68. The number of hydrogen-bond acceptors (Lipinski definition) is 5. The topological polar surface area (TPSA) is 64.1 Å². The average molecular weight is 326 g/mol. The predicted octanol–water partition coefficient (Wildman–Crippen LogP) is 3.55. The molecule has 1 aromatic carbocycles. The lowest BCUT2D eigenvalue weighted by Crippen LogP contribution is -2.42. The molecule has 0 fully saturated rings. The number of nitrogens with zero attached hydrogens (tertiary/aromatic N) is 2. The van der Waals surface area contributed by atoms with E-state index in [2.05, 4.69) is 15.5 Å². The summed E-state index contributed by atoms with van der Waals surface area (Å²) in [4.78, 5) is 12.3. The van der Waals surface area contributed by atoms with Crippen molar-refractivity contribution < 1.29 is 9.53 Å². The number of carbonyl (C=O) groups is 1. The third-order valence-corrected chi connectivity index (χ3v) is 3.96. The van der Waals surface area contributed by atoms with Crippen LogP contribution in [0, 0.1) is 0 Å². The Morgan fingerprint density at radius 1 is 1.33 bits per heavy atom. The predicted molar refractivity (Wildman–Crippen MR) is 84.1 cm³/mol. The Hall–Kier alpha value is -1.66. The fourth-order valence-corrected chi connectivity index (χ4v) is 2.34. The highest BCUT2D eigenvalue weighted by Gasteiger charge is 2.30. The van der Waals surface area contributed by atoms with Crippen molar-refractivity contribution in [1.82, 2.24) is 10.2 Å². The molecule has 5 nitrogen and oxygen atoms in total. The second-order valence-corrected chi connectivity index (χ2v) is 6.37. The number of anilines is 1. The first-order valence-electron chi connectivity index (χ1n) is 6.49. The Balaban J connectivity index is 2.03. The number of ether oxygens (including phenoxy) is 1. The fourth-order valence-electron chi connectivity index (χ4n) is 1.54. The molecule has 1 N–H and O–H groups in total. The first-order chi connectivity index (χ1) is 9.90. The van der Waals surface area contributed by atoms with Gasteiger partial charge in [0, 0.05) is 5.02 Å². The van der Waals surface area contributed by atoms with E-state index in [-0.39, 0.29) is 5.91 Å². The molecule has 0 radical (unpaired) electrons. The molecule has 7 heteroatoms. The van der Waals surface area contributed by atoms with Crippen molar-refractivity contribution in [3.63, 3.8) is 0 Å². The summed E-state index contributed by atoms with van der Waals surface area (Å²) >= 11 is 7.18. The van der Waals surface area contributed by atoms with E-state index in [0.29, 0.717) is 15.9 Å². The van der Waals surface area contributed by atoms with Crippen molar-refractivity contribution in [2.45, 2.75) is 32.8 Å². The van der Waals surface area contributed by atoms with Gasteiger partial charge in [-0.05, 0) is 44.5 Å². The Morgan fingerprint density at radius 3 is 2.57 bits per heavy atom. The third kappa shape index (κ3) is 4.15. The highest BCUT2D eigenvalue weighted by molar-refractivity contribution is 7.15. The molecular formula is C14H16ClN3O2S. The molecule has 1 aromatic heterocycles. The van der Waals surface area contributed by atoms with Crippen molar-refractivity contribution in [3.05, 3.63) is 34.3 Å². The van der Waals surface area contributed by atoms with Crippen LogP contribution in [0.5, 0.6) is 5.75 Å². The van der Waals surface area contributed by atoms with Crippen LogP contribution in [0.4, 0.5) is 5.13 Å². The minimum Gasteiger partial charge on any atom is -0.478 e. The molecule has 0 saturated heterocycles. The fraction of sp³-hybridized carbons (Fsp3) is 0.357. The zero-order valence-electron chi connectivity index (χ0n) is 12.0. The van der Waals surface area contributed by atoms with E-state index >= 15 is 0 Å². The van der Waals surface area contributed by atoms with Crippen LogP contribution >= 0.6 is 22.9 Å². The van der Waals surface area contributed by atoms with Crippen molar-refractivity contribution in [1.29, 1.82) is 0 Å². The van der Waals surface area contributed by atoms with Crippen molar-refractivity contribution >= 4 is 34.0 Å². The lowest BCUT2D eigenvalue weighted by Gasteiger charge is -2.24. The second-order valence-electron chi connectivity index (χ2n) is 4.87. The molecule has 0 unspecified atom stereocenters. The molecule has 0 aliphatic heterocycles. The van der Waals surface area contributed by atoms with Gasteiger partial charge >= 0.3 is 0 Å². The monoisotopic (exact) mass is 325 g/mol. The Bertz CT molecular complexity index is 625. The van der Waals surface area contributed by atoms with Gasteiger partial charge in [0.25, 0.3) is 5.91 Å². The average Bonchev–Trinajstić information content (AvgIpc) is 2.89. The lowest BCUT2D eigenvalue weighted by atomic mass is 10.1. The van der Waals surface area contributed by atoms with Crippen molar-refractivity contribution in [2.75, 3.05) is 5.32 Å². The quantitative estimate of drug-likeness (QED) is 0.913. The molecular weight excluding hydrogens is 310 g/mol. The molecule has 0 spiro atoms. The van der Waals surface area contributed by atoms with Gasteiger partial charge in [0.2, 0.25) is 5.13 Å². The van der Waals surface area contributed by atoms with E-state index < -0.39 is 5.60 Å². The van der Waals surface area contributed by atoms with Gasteiger partial charge in [-0.3, -0.25) is 10.1 Å². The molecule has 0 aliphatic carbocycles. The summed E-state index contributed by atoms with van der Waals surface area (Å²) in [5.74, 6) is 0.294. The highest BCUT2D eigenvalue weighted by Crippen LogP contribution is 2.23. The summed E-state index contributed by atoms with van der Waals surface area (Å²) in [6, 6.07) is 6.86. The van der Waals surface area contributed by atoms with Crippen LogP contribution in [0.1, 0.15) is 25.8 Å².